The number of nitrogens with zero attached hydrogens (tertiary/aromatic N) is 1. The van der Waals surface area contributed by atoms with Gasteiger partial charge in [-0.25, -0.2) is 0 Å². The Bertz CT molecular complexity index is 1590. The molecule has 0 N–H and O–H groups in total. The van der Waals surface area contributed by atoms with Crippen LogP contribution >= 0.6 is 0 Å². The fourth-order valence-electron chi connectivity index (χ4n) is 6.23. The van der Waals surface area contributed by atoms with Crippen LogP contribution in [0.4, 0.5) is 0 Å². The van der Waals surface area contributed by atoms with Crippen LogP contribution in [-0.4, -0.2) is 18.2 Å². The summed E-state index contributed by atoms with van der Waals surface area (Å²) in [4.78, 5) is 4.60. The molecule has 5 rings (SSSR count). The van der Waals surface area contributed by atoms with Crippen LogP contribution in [0.15, 0.2) is 115 Å². The van der Waals surface area contributed by atoms with Crippen molar-refractivity contribution in [2.45, 2.75) is 79.1 Å². The van der Waals surface area contributed by atoms with Crippen molar-refractivity contribution in [1.29, 1.82) is 0 Å². The predicted octanol–water partition coefficient (Wildman–Crippen LogP) is 12.9. The summed E-state index contributed by atoms with van der Waals surface area (Å²) in [5, 5.41) is 0. The molecule has 1 heterocycles. The van der Waals surface area contributed by atoms with Gasteiger partial charge < -0.3 is 9.47 Å². The second-order valence-electron chi connectivity index (χ2n) is 13.1. The maximum atomic E-state index is 6.24. The third kappa shape index (κ3) is 11.1. The fourth-order valence-corrected chi connectivity index (χ4v) is 6.23. The Morgan fingerprint density at radius 1 is 0.490 bits per heavy atom. The zero-order valence-electron chi connectivity index (χ0n) is 29.8. The average Bonchev–Trinajstić information content (AvgIpc) is 3.15. The molecule has 0 bridgehead atoms. The van der Waals surface area contributed by atoms with Gasteiger partial charge in [-0.1, -0.05) is 115 Å². The second-order valence-corrected chi connectivity index (χ2v) is 13.1. The molecule has 1 radical (unpaired) electrons. The summed E-state index contributed by atoms with van der Waals surface area (Å²) >= 11 is 0. The molecule has 0 saturated heterocycles. The van der Waals surface area contributed by atoms with Crippen LogP contribution in [-0.2, 0) is 20.1 Å². The number of ether oxygens (including phenoxy) is 2. The van der Waals surface area contributed by atoms with E-state index in [0.717, 1.165) is 54.4 Å². The molecule has 0 aliphatic carbocycles. The van der Waals surface area contributed by atoms with Gasteiger partial charge in [0.1, 0.15) is 11.5 Å². The van der Waals surface area contributed by atoms with Gasteiger partial charge in [-0.05, 0) is 119 Å². The van der Waals surface area contributed by atoms with E-state index in [9.17, 15) is 0 Å². The van der Waals surface area contributed by atoms with Crippen LogP contribution in [0.2, 0.25) is 0 Å². The Morgan fingerprint density at radius 3 is 1.41 bits per heavy atom. The van der Waals surface area contributed by atoms with Crippen LogP contribution in [0.25, 0.3) is 44.6 Å². The molecule has 0 fully saturated rings. The molecule has 0 saturated carbocycles. The minimum absolute atomic E-state index is 0. The molecular formula is C45H53IrNO2. The van der Waals surface area contributed by atoms with Crippen LogP contribution in [0, 0.1) is 11.8 Å². The Morgan fingerprint density at radius 2 is 0.959 bits per heavy atom. The zero-order valence-corrected chi connectivity index (χ0v) is 32.2. The molecule has 1 aromatic heterocycles. The van der Waals surface area contributed by atoms with Gasteiger partial charge in [0, 0.05) is 31.9 Å². The first-order chi connectivity index (χ1) is 23.6. The maximum Gasteiger partial charge on any atom is 0.119 e. The minimum atomic E-state index is 0. The van der Waals surface area contributed by atoms with Crippen LogP contribution < -0.4 is 9.47 Å². The summed E-state index contributed by atoms with van der Waals surface area (Å²) in [6.45, 7) is 10.6. The van der Waals surface area contributed by atoms with Crippen molar-refractivity contribution in [3.8, 4) is 56.1 Å². The monoisotopic (exact) mass is 832 g/mol. The number of pyridine rings is 1. The summed E-state index contributed by atoms with van der Waals surface area (Å²) in [7, 11) is 0. The molecule has 259 valence electrons. The Balaban J connectivity index is 0.00000541. The molecule has 5 aromatic rings. The van der Waals surface area contributed by atoms with Crippen molar-refractivity contribution in [2.75, 3.05) is 13.2 Å². The summed E-state index contributed by atoms with van der Waals surface area (Å²) in [6, 6.07) is 38.9. The number of unbranched alkanes of at least 4 members (excludes halogenated alkanes) is 2. The van der Waals surface area contributed by atoms with E-state index in [1.807, 2.05) is 18.3 Å². The molecule has 0 aliphatic rings. The second kappa shape index (κ2) is 20.1. The van der Waals surface area contributed by atoms with Crippen molar-refractivity contribution in [1.82, 2.24) is 4.98 Å². The van der Waals surface area contributed by atoms with Crippen LogP contribution in [0.3, 0.4) is 0 Å². The predicted molar refractivity (Wildman–Crippen MR) is 204 cm³/mol. The van der Waals surface area contributed by atoms with E-state index in [0.29, 0.717) is 11.8 Å². The van der Waals surface area contributed by atoms with E-state index in [1.54, 1.807) is 0 Å². The topological polar surface area (TPSA) is 31.4 Å². The van der Waals surface area contributed by atoms with Crippen LogP contribution in [0.1, 0.15) is 79.1 Å². The molecule has 4 heteroatoms. The molecule has 0 spiro atoms. The average molecular weight is 832 g/mol. The molecule has 4 aromatic carbocycles. The molecule has 3 nitrogen and oxygen atoms in total. The number of hydrogen-bond acceptors (Lipinski definition) is 3. The van der Waals surface area contributed by atoms with E-state index in [4.69, 9.17) is 9.47 Å². The van der Waals surface area contributed by atoms with E-state index in [1.165, 1.54) is 66.3 Å². The summed E-state index contributed by atoms with van der Waals surface area (Å²) in [5.74, 6) is 3.08. The quantitative estimate of drug-likeness (QED) is 0.0881. The fraction of sp³-hybridized carbons (Fsp3) is 0.356. The van der Waals surface area contributed by atoms with Crippen molar-refractivity contribution in [3.05, 3.63) is 115 Å². The van der Waals surface area contributed by atoms with Crippen molar-refractivity contribution < 1.29 is 29.6 Å². The Hall–Kier alpha value is -3.72. The normalized spacial score (nSPS) is 12.2. The molecule has 2 atom stereocenters. The molecule has 2 unspecified atom stereocenters. The van der Waals surface area contributed by atoms with Gasteiger partial charge >= 0.3 is 0 Å². The molecule has 0 aliphatic heterocycles. The third-order valence-electron chi connectivity index (χ3n) is 9.52. The van der Waals surface area contributed by atoms with Gasteiger partial charge in [-0.3, -0.25) is 4.98 Å². The van der Waals surface area contributed by atoms with Crippen molar-refractivity contribution >= 4 is 0 Å². The maximum absolute atomic E-state index is 6.24. The Kier molecular flexibility index (Phi) is 15.6. The van der Waals surface area contributed by atoms with E-state index < -0.39 is 0 Å². The minimum Gasteiger partial charge on any atom is -0.493 e. The summed E-state index contributed by atoms with van der Waals surface area (Å²) < 4.78 is 12.5. The zero-order chi connectivity index (χ0) is 33.6. The van der Waals surface area contributed by atoms with Gasteiger partial charge in [0.05, 0.1) is 18.9 Å². The third-order valence-corrected chi connectivity index (χ3v) is 9.52. The first-order valence-corrected chi connectivity index (χ1v) is 18.2. The molecule has 49 heavy (non-hydrogen) atoms. The van der Waals surface area contributed by atoms with E-state index in [2.05, 4.69) is 130 Å². The summed E-state index contributed by atoms with van der Waals surface area (Å²) in [6.07, 6.45) is 11.6. The van der Waals surface area contributed by atoms with Crippen molar-refractivity contribution in [2.24, 2.45) is 11.8 Å². The van der Waals surface area contributed by atoms with Crippen LogP contribution in [0.5, 0.6) is 11.5 Å². The Labute approximate surface area is 308 Å². The first kappa shape index (κ1) is 38.1. The van der Waals surface area contributed by atoms with E-state index >= 15 is 0 Å². The molecule has 0 amide bonds. The van der Waals surface area contributed by atoms with Gasteiger partial charge in [-0.2, -0.15) is 0 Å². The summed E-state index contributed by atoms with van der Waals surface area (Å²) in [5.41, 5.74) is 9.10. The van der Waals surface area contributed by atoms with Crippen molar-refractivity contribution in [3.63, 3.8) is 0 Å². The van der Waals surface area contributed by atoms with Gasteiger partial charge in [-0.15, -0.1) is 0 Å². The van der Waals surface area contributed by atoms with E-state index in [-0.39, 0.29) is 20.1 Å². The largest absolute Gasteiger partial charge is 0.493 e. The SMILES string of the molecule is CCCCC(CC)COc1ccc(-c2cc(-c3ccc(OCC(CC)CCCC)cc3)cc(-c3cccc(-c4ccccn4)c3)c2)cc1.[Ir]. The number of hydrogen-bond donors (Lipinski definition) is 0. The molecular weight excluding hydrogens is 779 g/mol. The number of rotatable bonds is 18. The first-order valence-electron chi connectivity index (χ1n) is 18.2. The van der Waals surface area contributed by atoms with Gasteiger partial charge in [0.15, 0.2) is 0 Å². The number of aromatic nitrogens is 1. The standard InChI is InChI=1S/C45H53NO2.Ir/c1-5-9-14-34(7-3)32-47-43-23-19-36(20-24-43)40-29-41(37-21-25-44(26-22-37)48-33-35(8-4)15-10-6-2)31-42(30-40)38-16-13-17-39(28-38)45-18-11-12-27-46-45;/h11-13,16-31,34-35H,5-10,14-15,32-33H2,1-4H3;. The van der Waals surface area contributed by atoms with Gasteiger partial charge in [0.25, 0.3) is 0 Å². The van der Waals surface area contributed by atoms with Gasteiger partial charge in [0.2, 0.25) is 0 Å². The number of benzene rings is 4. The smallest absolute Gasteiger partial charge is 0.119 e.